The summed E-state index contributed by atoms with van der Waals surface area (Å²) in [4.78, 5) is 0. The van der Waals surface area contributed by atoms with Crippen molar-refractivity contribution in [2.24, 2.45) is 0 Å². The quantitative estimate of drug-likeness (QED) is 0.564. The fraction of sp³-hybridized carbons (Fsp3) is 0.833. The second-order valence-electron chi connectivity index (χ2n) is 1.39. The average Bonchev–Trinajstić information content (AvgIpc) is 1.68. The van der Waals surface area contributed by atoms with E-state index in [-0.39, 0.29) is 0 Å². The van der Waals surface area contributed by atoms with E-state index in [9.17, 15) is 0 Å². The summed E-state index contributed by atoms with van der Waals surface area (Å²) in [7, 11) is 0. The number of rotatable bonds is 4. The van der Waals surface area contributed by atoms with Crippen LogP contribution in [-0.4, -0.2) is 10.3 Å². The molecule has 49 valence electrons. The molecule has 0 fully saturated rings. The Morgan fingerprint density at radius 2 is 2.25 bits per heavy atom. The molecule has 0 aromatic carbocycles. The van der Waals surface area contributed by atoms with Gasteiger partial charge in [0.2, 0.25) is 0 Å². The van der Waals surface area contributed by atoms with E-state index >= 15 is 0 Å². The number of hydrogen-bond donors (Lipinski definition) is 0. The molecule has 0 aliphatic heterocycles. The fourth-order valence-corrected chi connectivity index (χ4v) is 2.37. The average molecular weight is 149 g/mol. The minimum absolute atomic E-state index is 0.741. The highest BCUT2D eigenvalue weighted by Gasteiger charge is 1.96. The molecule has 1 radical (unpaired) electrons. The maximum atomic E-state index is 2.23. The van der Waals surface area contributed by atoms with Crippen LogP contribution in [0, 0.1) is 5.75 Å². The van der Waals surface area contributed by atoms with Crippen LogP contribution in [0.1, 0.15) is 20.8 Å². The summed E-state index contributed by atoms with van der Waals surface area (Å²) in [6.07, 6.45) is 0. The highest BCUT2D eigenvalue weighted by atomic mass is 32.2. The van der Waals surface area contributed by atoms with Crippen LogP contribution in [-0.2, 0) is 0 Å². The van der Waals surface area contributed by atoms with Gasteiger partial charge >= 0.3 is 0 Å². The van der Waals surface area contributed by atoms with Crippen LogP contribution in [0.5, 0.6) is 0 Å². The summed E-state index contributed by atoms with van der Waals surface area (Å²) in [5, 5.41) is 0. The summed E-state index contributed by atoms with van der Waals surface area (Å²) in [6, 6.07) is 0. The van der Waals surface area contributed by atoms with Crippen LogP contribution in [0.4, 0.5) is 0 Å². The first-order valence-corrected chi connectivity index (χ1v) is 4.85. The molecule has 0 aliphatic carbocycles. The third kappa shape index (κ3) is 4.85. The Labute approximate surface area is 60.8 Å². The Bertz CT molecular complexity index is 39.8. The molecule has 1 unspecified atom stereocenters. The van der Waals surface area contributed by atoms with E-state index in [2.05, 4.69) is 26.5 Å². The van der Waals surface area contributed by atoms with Gasteiger partial charge in [0.15, 0.2) is 0 Å². The molecule has 0 aromatic heterocycles. The molecule has 0 nitrogen and oxygen atoms in total. The lowest BCUT2D eigenvalue weighted by molar-refractivity contribution is 1.39. The lowest BCUT2D eigenvalue weighted by atomic mass is 10.9. The predicted molar refractivity (Wildman–Crippen MR) is 45.2 cm³/mol. The largest absolute Gasteiger partial charge is 0.148 e. The smallest absolute Gasteiger partial charge is 0.0477 e. The van der Waals surface area contributed by atoms with Gasteiger partial charge in [0.25, 0.3) is 0 Å². The van der Waals surface area contributed by atoms with E-state index in [0.717, 1.165) is 4.58 Å². The van der Waals surface area contributed by atoms with Gasteiger partial charge in [-0.3, -0.25) is 0 Å². The molecule has 0 rings (SSSR count). The fourth-order valence-electron chi connectivity index (χ4n) is 0.466. The molecule has 0 amide bonds. The van der Waals surface area contributed by atoms with E-state index < -0.39 is 0 Å². The van der Waals surface area contributed by atoms with Crippen LogP contribution in [0.15, 0.2) is 0 Å². The van der Waals surface area contributed by atoms with Crippen molar-refractivity contribution in [3.05, 3.63) is 5.75 Å². The molecule has 0 saturated carbocycles. The summed E-state index contributed by atoms with van der Waals surface area (Å²) in [5.41, 5.74) is 0. The van der Waals surface area contributed by atoms with Crippen LogP contribution >= 0.6 is 23.5 Å². The molecule has 2 heteroatoms. The van der Waals surface area contributed by atoms with Crippen molar-refractivity contribution in [2.45, 2.75) is 25.4 Å². The standard InChI is InChI=1S/C6H13S2/c1-4-7-6(3)8-5-2/h4,6H,5H2,1-3H3. The van der Waals surface area contributed by atoms with Crippen LogP contribution in [0.2, 0.25) is 0 Å². The monoisotopic (exact) mass is 149 g/mol. The van der Waals surface area contributed by atoms with Gasteiger partial charge in [0.05, 0.1) is 0 Å². The molecule has 8 heavy (non-hydrogen) atoms. The lowest BCUT2D eigenvalue weighted by Gasteiger charge is -2.05. The SMILES string of the molecule is C[CH]SC(C)SCC. The number of thioether (sulfide) groups is 2. The third-order valence-electron chi connectivity index (χ3n) is 0.729. The van der Waals surface area contributed by atoms with Gasteiger partial charge in [0.1, 0.15) is 0 Å². The Hall–Kier alpha value is 0.700. The van der Waals surface area contributed by atoms with Crippen molar-refractivity contribution in [3.8, 4) is 0 Å². The zero-order chi connectivity index (χ0) is 6.41. The van der Waals surface area contributed by atoms with Crippen molar-refractivity contribution in [1.82, 2.24) is 0 Å². The molecule has 0 aliphatic rings. The Morgan fingerprint density at radius 3 is 2.62 bits per heavy atom. The summed E-state index contributed by atoms with van der Waals surface area (Å²) >= 11 is 3.88. The minimum atomic E-state index is 0.741. The zero-order valence-corrected chi connectivity index (χ0v) is 7.31. The van der Waals surface area contributed by atoms with E-state index in [1.165, 1.54) is 5.75 Å². The van der Waals surface area contributed by atoms with Crippen LogP contribution in [0.3, 0.4) is 0 Å². The van der Waals surface area contributed by atoms with E-state index in [1.807, 2.05) is 23.5 Å². The molecule has 0 N–H and O–H groups in total. The van der Waals surface area contributed by atoms with Crippen molar-refractivity contribution in [2.75, 3.05) is 5.75 Å². The van der Waals surface area contributed by atoms with Gasteiger partial charge in [-0.1, -0.05) is 13.8 Å². The molecule has 0 heterocycles. The van der Waals surface area contributed by atoms with E-state index in [4.69, 9.17) is 0 Å². The maximum absolute atomic E-state index is 2.23. The van der Waals surface area contributed by atoms with Gasteiger partial charge in [-0.2, -0.15) is 0 Å². The molecule has 0 bridgehead atoms. The zero-order valence-electron chi connectivity index (χ0n) is 5.68. The molecule has 0 saturated heterocycles. The molecule has 1 atom stereocenters. The first kappa shape index (κ1) is 8.70. The van der Waals surface area contributed by atoms with E-state index in [1.54, 1.807) is 0 Å². The Kier molecular flexibility index (Phi) is 6.34. The normalized spacial score (nSPS) is 10.5. The second-order valence-corrected chi connectivity index (χ2v) is 4.76. The minimum Gasteiger partial charge on any atom is -0.148 e. The molecular formula is C6H13S2. The maximum Gasteiger partial charge on any atom is 0.0477 e. The van der Waals surface area contributed by atoms with Crippen molar-refractivity contribution < 1.29 is 0 Å². The van der Waals surface area contributed by atoms with Gasteiger partial charge in [-0.05, 0) is 12.7 Å². The molecule has 0 aromatic rings. The van der Waals surface area contributed by atoms with Crippen LogP contribution in [0.25, 0.3) is 0 Å². The summed E-state index contributed by atoms with van der Waals surface area (Å²) < 4.78 is 0.741. The van der Waals surface area contributed by atoms with Crippen molar-refractivity contribution in [1.29, 1.82) is 0 Å². The van der Waals surface area contributed by atoms with E-state index in [0.29, 0.717) is 0 Å². The van der Waals surface area contributed by atoms with Gasteiger partial charge in [-0.25, -0.2) is 0 Å². The first-order valence-electron chi connectivity index (χ1n) is 2.86. The Balaban J connectivity index is 2.92. The molecule has 0 spiro atoms. The molecular weight excluding hydrogens is 136 g/mol. The second kappa shape index (κ2) is 5.83. The predicted octanol–water partition coefficient (Wildman–Crippen LogP) is 3.00. The topological polar surface area (TPSA) is 0 Å². The van der Waals surface area contributed by atoms with Gasteiger partial charge in [-0.15, -0.1) is 23.5 Å². The third-order valence-corrected chi connectivity index (χ3v) is 2.93. The first-order chi connectivity index (χ1) is 3.81. The summed E-state index contributed by atoms with van der Waals surface area (Å²) in [6.45, 7) is 6.51. The number of hydrogen-bond acceptors (Lipinski definition) is 2. The lowest BCUT2D eigenvalue weighted by Crippen LogP contribution is -1.86. The van der Waals surface area contributed by atoms with Gasteiger partial charge in [0, 0.05) is 10.3 Å². The highest BCUT2D eigenvalue weighted by Crippen LogP contribution is 2.23. The van der Waals surface area contributed by atoms with Crippen molar-refractivity contribution in [3.63, 3.8) is 0 Å². The van der Waals surface area contributed by atoms with Gasteiger partial charge < -0.3 is 0 Å². The Morgan fingerprint density at radius 1 is 1.62 bits per heavy atom. The summed E-state index contributed by atoms with van der Waals surface area (Å²) in [5.74, 6) is 3.37. The highest BCUT2D eigenvalue weighted by molar-refractivity contribution is 8.17. The van der Waals surface area contributed by atoms with Crippen molar-refractivity contribution >= 4 is 23.5 Å². The van der Waals surface area contributed by atoms with Crippen LogP contribution < -0.4 is 0 Å².